The lowest BCUT2D eigenvalue weighted by atomic mass is 10.1. The minimum Gasteiger partial charge on any atom is -0.370 e. The first-order valence-corrected chi connectivity index (χ1v) is 8.48. The second-order valence-electron chi connectivity index (χ2n) is 5.87. The molecule has 0 aliphatic carbocycles. The Hall–Kier alpha value is -3.21. The van der Waals surface area contributed by atoms with Crippen molar-refractivity contribution in [3.8, 4) is 0 Å². The molecule has 2 aromatic carbocycles. The fourth-order valence-electron chi connectivity index (χ4n) is 2.53. The first kappa shape index (κ1) is 17.6. The molecule has 132 valence electrons. The Morgan fingerprint density at radius 1 is 0.962 bits per heavy atom. The Morgan fingerprint density at radius 2 is 1.73 bits per heavy atom. The van der Waals surface area contributed by atoms with Crippen LogP contribution >= 0.6 is 0 Å². The minimum atomic E-state index is -0.330. The molecule has 0 bridgehead atoms. The second-order valence-corrected chi connectivity index (χ2v) is 5.87. The van der Waals surface area contributed by atoms with E-state index in [0.717, 1.165) is 13.0 Å². The Morgan fingerprint density at radius 3 is 2.46 bits per heavy atom. The van der Waals surface area contributed by atoms with Crippen molar-refractivity contribution in [2.24, 2.45) is 0 Å². The van der Waals surface area contributed by atoms with Crippen molar-refractivity contribution >= 4 is 11.7 Å². The quantitative estimate of drug-likeness (QED) is 0.682. The van der Waals surface area contributed by atoms with E-state index in [1.165, 1.54) is 17.8 Å². The summed E-state index contributed by atoms with van der Waals surface area (Å²) in [6.45, 7) is 0.901. The van der Waals surface area contributed by atoms with Gasteiger partial charge in [-0.2, -0.15) is 0 Å². The summed E-state index contributed by atoms with van der Waals surface area (Å²) in [7, 11) is 0. The van der Waals surface area contributed by atoms with Crippen LogP contribution in [0.25, 0.3) is 0 Å². The van der Waals surface area contributed by atoms with E-state index >= 15 is 0 Å². The summed E-state index contributed by atoms with van der Waals surface area (Å²) in [6.07, 6.45) is 2.41. The van der Waals surface area contributed by atoms with Gasteiger partial charge in [0.2, 0.25) is 0 Å². The number of pyridine rings is 1. The van der Waals surface area contributed by atoms with Crippen molar-refractivity contribution in [2.45, 2.75) is 13.0 Å². The highest BCUT2D eigenvalue weighted by atomic mass is 19.1. The number of benzene rings is 2. The SMILES string of the molecule is O=C(NCc1ccccc1F)c1ccc(NCCc2ccccc2)nc1. The van der Waals surface area contributed by atoms with Crippen LogP contribution < -0.4 is 10.6 Å². The molecule has 3 aromatic rings. The number of nitrogens with zero attached hydrogens (tertiary/aromatic N) is 1. The molecule has 0 radical (unpaired) electrons. The summed E-state index contributed by atoms with van der Waals surface area (Å²) < 4.78 is 13.6. The van der Waals surface area contributed by atoms with Crippen LogP contribution in [0.4, 0.5) is 10.2 Å². The van der Waals surface area contributed by atoms with E-state index in [1.54, 1.807) is 30.3 Å². The van der Waals surface area contributed by atoms with Gasteiger partial charge in [0.15, 0.2) is 0 Å². The first-order valence-electron chi connectivity index (χ1n) is 8.48. The van der Waals surface area contributed by atoms with E-state index in [9.17, 15) is 9.18 Å². The third-order valence-corrected chi connectivity index (χ3v) is 3.99. The number of amides is 1. The molecule has 5 heteroatoms. The second kappa shape index (κ2) is 8.76. The number of carbonyl (C=O) groups is 1. The maximum Gasteiger partial charge on any atom is 0.253 e. The Balaban J connectivity index is 1.49. The molecule has 0 unspecified atom stereocenters. The molecule has 0 fully saturated rings. The molecule has 0 spiro atoms. The number of nitrogens with one attached hydrogen (secondary N) is 2. The molecular formula is C21H20FN3O. The minimum absolute atomic E-state index is 0.141. The van der Waals surface area contributed by atoms with Crippen molar-refractivity contribution in [1.29, 1.82) is 0 Å². The van der Waals surface area contributed by atoms with Gasteiger partial charge in [0.25, 0.3) is 5.91 Å². The third kappa shape index (κ3) is 4.89. The lowest BCUT2D eigenvalue weighted by Crippen LogP contribution is -2.23. The largest absolute Gasteiger partial charge is 0.370 e. The summed E-state index contributed by atoms with van der Waals surface area (Å²) >= 11 is 0. The number of rotatable bonds is 7. The summed E-state index contributed by atoms with van der Waals surface area (Å²) in [5.74, 6) is 0.104. The van der Waals surface area contributed by atoms with Gasteiger partial charge >= 0.3 is 0 Å². The van der Waals surface area contributed by atoms with Gasteiger partial charge in [-0.3, -0.25) is 4.79 Å². The zero-order chi connectivity index (χ0) is 18.2. The Bertz CT molecular complexity index is 851. The highest BCUT2D eigenvalue weighted by Gasteiger charge is 2.07. The highest BCUT2D eigenvalue weighted by molar-refractivity contribution is 5.94. The van der Waals surface area contributed by atoms with Crippen LogP contribution in [-0.4, -0.2) is 17.4 Å². The van der Waals surface area contributed by atoms with E-state index in [-0.39, 0.29) is 18.3 Å². The fraction of sp³-hybridized carbons (Fsp3) is 0.143. The predicted octanol–water partition coefficient (Wildman–Crippen LogP) is 3.81. The topological polar surface area (TPSA) is 54.0 Å². The van der Waals surface area contributed by atoms with Crippen molar-refractivity contribution in [1.82, 2.24) is 10.3 Å². The predicted molar refractivity (Wildman–Crippen MR) is 100 cm³/mol. The maximum atomic E-state index is 13.6. The van der Waals surface area contributed by atoms with Gasteiger partial charge in [-0.25, -0.2) is 9.37 Å². The smallest absolute Gasteiger partial charge is 0.253 e. The molecule has 3 rings (SSSR count). The number of halogens is 1. The van der Waals surface area contributed by atoms with Crippen LogP contribution in [0, 0.1) is 5.82 Å². The normalized spacial score (nSPS) is 10.3. The molecule has 0 saturated heterocycles. The monoisotopic (exact) mass is 349 g/mol. The van der Waals surface area contributed by atoms with E-state index in [0.29, 0.717) is 16.9 Å². The summed E-state index contributed by atoms with van der Waals surface area (Å²) in [4.78, 5) is 16.4. The zero-order valence-corrected chi connectivity index (χ0v) is 14.3. The maximum absolute atomic E-state index is 13.6. The Kier molecular flexibility index (Phi) is 5.93. The summed E-state index contributed by atoms with van der Waals surface area (Å²) in [5, 5.41) is 5.93. The highest BCUT2D eigenvalue weighted by Crippen LogP contribution is 2.08. The molecule has 26 heavy (non-hydrogen) atoms. The molecule has 2 N–H and O–H groups in total. The molecular weight excluding hydrogens is 329 g/mol. The summed E-state index contributed by atoms with van der Waals surface area (Å²) in [6, 6.07) is 20.0. The molecule has 0 atom stereocenters. The molecule has 1 amide bonds. The number of hydrogen-bond donors (Lipinski definition) is 2. The molecule has 0 saturated carbocycles. The van der Waals surface area contributed by atoms with E-state index in [1.807, 2.05) is 18.2 Å². The van der Waals surface area contributed by atoms with Gasteiger partial charge < -0.3 is 10.6 Å². The van der Waals surface area contributed by atoms with E-state index in [4.69, 9.17) is 0 Å². The standard InChI is InChI=1S/C21H20FN3O/c22-19-9-5-4-8-17(19)14-25-21(26)18-10-11-20(24-15-18)23-13-12-16-6-2-1-3-7-16/h1-11,15H,12-14H2,(H,23,24)(H,25,26). The number of carbonyl (C=O) groups excluding carboxylic acids is 1. The fourth-order valence-corrected chi connectivity index (χ4v) is 2.53. The van der Waals surface area contributed by atoms with Gasteiger partial charge in [-0.15, -0.1) is 0 Å². The number of hydrogen-bond acceptors (Lipinski definition) is 3. The van der Waals surface area contributed by atoms with Gasteiger partial charge in [0.05, 0.1) is 5.56 Å². The molecule has 0 aliphatic heterocycles. The molecule has 0 aliphatic rings. The Labute approximate surface area is 152 Å². The number of aromatic nitrogens is 1. The van der Waals surface area contributed by atoms with Crippen molar-refractivity contribution in [2.75, 3.05) is 11.9 Å². The van der Waals surface area contributed by atoms with Gasteiger partial charge in [-0.05, 0) is 30.2 Å². The van der Waals surface area contributed by atoms with Gasteiger partial charge in [0, 0.05) is 24.8 Å². The van der Waals surface area contributed by atoms with Crippen LogP contribution in [0.1, 0.15) is 21.5 Å². The van der Waals surface area contributed by atoms with Crippen LogP contribution in [0.15, 0.2) is 72.9 Å². The van der Waals surface area contributed by atoms with Crippen LogP contribution in [0.5, 0.6) is 0 Å². The van der Waals surface area contributed by atoms with Gasteiger partial charge in [0.1, 0.15) is 11.6 Å². The first-order chi connectivity index (χ1) is 12.7. The summed E-state index contributed by atoms with van der Waals surface area (Å²) in [5.41, 5.74) is 2.15. The lowest BCUT2D eigenvalue weighted by molar-refractivity contribution is 0.0950. The van der Waals surface area contributed by atoms with Crippen LogP contribution in [0.2, 0.25) is 0 Å². The van der Waals surface area contributed by atoms with Crippen molar-refractivity contribution < 1.29 is 9.18 Å². The van der Waals surface area contributed by atoms with Gasteiger partial charge in [-0.1, -0.05) is 48.5 Å². The molecule has 1 heterocycles. The van der Waals surface area contributed by atoms with E-state index < -0.39 is 0 Å². The van der Waals surface area contributed by atoms with Crippen LogP contribution in [0.3, 0.4) is 0 Å². The van der Waals surface area contributed by atoms with Crippen molar-refractivity contribution in [3.05, 3.63) is 95.4 Å². The molecule has 4 nitrogen and oxygen atoms in total. The average Bonchev–Trinajstić information content (AvgIpc) is 2.68. The van der Waals surface area contributed by atoms with E-state index in [2.05, 4.69) is 27.8 Å². The average molecular weight is 349 g/mol. The van der Waals surface area contributed by atoms with Crippen molar-refractivity contribution in [3.63, 3.8) is 0 Å². The third-order valence-electron chi connectivity index (χ3n) is 3.99. The lowest BCUT2D eigenvalue weighted by Gasteiger charge is -2.08. The molecule has 1 aromatic heterocycles. The zero-order valence-electron chi connectivity index (χ0n) is 14.3. The number of anilines is 1. The van der Waals surface area contributed by atoms with Crippen LogP contribution in [-0.2, 0) is 13.0 Å².